The quantitative estimate of drug-likeness (QED) is 0.643. The van der Waals surface area contributed by atoms with Crippen LogP contribution in [0.1, 0.15) is 17.2 Å². The first-order valence-corrected chi connectivity index (χ1v) is 8.29. The molecule has 0 amide bonds. The molecule has 0 radical (unpaired) electrons. The van der Waals surface area contributed by atoms with Gasteiger partial charge in [-0.2, -0.15) is 0 Å². The van der Waals surface area contributed by atoms with Gasteiger partial charge in [-0.15, -0.1) is 11.3 Å². The molecule has 1 aromatic heterocycles. The standard InChI is InChI=1S/C12H9Br3FNS/c1-17-11(8-5-10(14)18-12(8)15)7-4-6(16)2-3-9(7)13/h2-5,11,17H,1H3. The van der Waals surface area contributed by atoms with Crippen molar-refractivity contribution in [2.45, 2.75) is 6.04 Å². The molecule has 1 heterocycles. The molecule has 6 heteroatoms. The summed E-state index contributed by atoms with van der Waals surface area (Å²) in [6.45, 7) is 0. The Morgan fingerprint density at radius 2 is 1.89 bits per heavy atom. The van der Waals surface area contributed by atoms with Crippen molar-refractivity contribution in [2.75, 3.05) is 7.05 Å². The Morgan fingerprint density at radius 1 is 1.17 bits per heavy atom. The lowest BCUT2D eigenvalue weighted by molar-refractivity contribution is 0.615. The van der Waals surface area contributed by atoms with Gasteiger partial charge in [0.05, 0.1) is 13.6 Å². The number of thiophene rings is 1. The highest BCUT2D eigenvalue weighted by Crippen LogP contribution is 2.39. The van der Waals surface area contributed by atoms with Gasteiger partial charge in [0.15, 0.2) is 0 Å². The van der Waals surface area contributed by atoms with Gasteiger partial charge in [0.25, 0.3) is 0 Å². The second-order valence-corrected chi connectivity index (χ2v) is 8.27. The number of nitrogens with one attached hydrogen (secondary N) is 1. The van der Waals surface area contributed by atoms with Gasteiger partial charge in [0.1, 0.15) is 5.82 Å². The van der Waals surface area contributed by atoms with Crippen LogP contribution < -0.4 is 5.32 Å². The summed E-state index contributed by atoms with van der Waals surface area (Å²) in [5.41, 5.74) is 1.96. The molecule has 0 aliphatic carbocycles. The highest BCUT2D eigenvalue weighted by molar-refractivity contribution is 9.12. The van der Waals surface area contributed by atoms with Crippen molar-refractivity contribution < 1.29 is 4.39 Å². The molecule has 96 valence electrons. The van der Waals surface area contributed by atoms with Crippen LogP contribution in [0.4, 0.5) is 4.39 Å². The van der Waals surface area contributed by atoms with Crippen LogP contribution in [0.3, 0.4) is 0 Å². The molecule has 0 bridgehead atoms. The van der Waals surface area contributed by atoms with Crippen LogP contribution in [0.15, 0.2) is 36.3 Å². The predicted molar refractivity (Wildman–Crippen MR) is 84.7 cm³/mol. The van der Waals surface area contributed by atoms with E-state index in [4.69, 9.17) is 0 Å². The first-order valence-electron chi connectivity index (χ1n) is 5.10. The van der Waals surface area contributed by atoms with E-state index in [1.54, 1.807) is 23.5 Å². The van der Waals surface area contributed by atoms with E-state index in [1.165, 1.54) is 6.07 Å². The number of benzene rings is 1. The second kappa shape index (κ2) is 6.13. The van der Waals surface area contributed by atoms with Gasteiger partial charge in [0.2, 0.25) is 0 Å². The van der Waals surface area contributed by atoms with E-state index in [2.05, 4.69) is 53.1 Å². The van der Waals surface area contributed by atoms with Gasteiger partial charge in [-0.3, -0.25) is 0 Å². The van der Waals surface area contributed by atoms with Gasteiger partial charge < -0.3 is 5.32 Å². The third-order valence-electron chi connectivity index (χ3n) is 2.55. The van der Waals surface area contributed by atoms with Gasteiger partial charge in [-0.25, -0.2) is 4.39 Å². The Bertz CT molecular complexity index is 570. The summed E-state index contributed by atoms with van der Waals surface area (Å²) in [6, 6.07) is 6.69. The van der Waals surface area contributed by atoms with Crippen LogP contribution in [0, 0.1) is 5.82 Å². The average Bonchev–Trinajstić information content (AvgIpc) is 2.64. The maximum absolute atomic E-state index is 13.4. The highest BCUT2D eigenvalue weighted by Gasteiger charge is 2.20. The smallest absolute Gasteiger partial charge is 0.123 e. The van der Waals surface area contributed by atoms with Crippen LogP contribution in [0.5, 0.6) is 0 Å². The molecule has 1 aromatic carbocycles. The molecule has 0 aliphatic rings. The van der Waals surface area contributed by atoms with E-state index in [0.717, 1.165) is 23.2 Å². The van der Waals surface area contributed by atoms with Gasteiger partial charge in [0, 0.05) is 4.47 Å². The molecule has 0 spiro atoms. The number of halogens is 4. The molecular weight excluding hydrogens is 449 g/mol. The molecule has 0 saturated carbocycles. The third kappa shape index (κ3) is 3.04. The molecule has 2 rings (SSSR count). The Kier molecular flexibility index (Phi) is 4.99. The van der Waals surface area contributed by atoms with Crippen molar-refractivity contribution in [3.05, 3.63) is 53.3 Å². The summed E-state index contributed by atoms with van der Waals surface area (Å²) in [5.74, 6) is -0.237. The van der Waals surface area contributed by atoms with Crippen molar-refractivity contribution in [1.29, 1.82) is 0 Å². The summed E-state index contributed by atoms with van der Waals surface area (Å²) in [5, 5.41) is 3.22. The fourth-order valence-corrected chi connectivity index (χ4v) is 5.14. The first kappa shape index (κ1) is 14.7. The van der Waals surface area contributed by atoms with E-state index < -0.39 is 0 Å². The van der Waals surface area contributed by atoms with Crippen LogP contribution in [-0.4, -0.2) is 7.05 Å². The minimum Gasteiger partial charge on any atom is -0.309 e. The van der Waals surface area contributed by atoms with E-state index in [1.807, 2.05) is 13.1 Å². The Morgan fingerprint density at radius 3 is 2.44 bits per heavy atom. The van der Waals surface area contributed by atoms with E-state index in [-0.39, 0.29) is 11.9 Å². The SMILES string of the molecule is CNC(c1cc(F)ccc1Br)c1cc(Br)sc1Br. The van der Waals surface area contributed by atoms with E-state index in [0.29, 0.717) is 0 Å². The summed E-state index contributed by atoms with van der Waals surface area (Å²) in [4.78, 5) is 0. The molecule has 1 atom stereocenters. The maximum Gasteiger partial charge on any atom is 0.123 e. The third-order valence-corrected chi connectivity index (χ3v) is 5.66. The Balaban J connectivity index is 2.51. The van der Waals surface area contributed by atoms with Crippen LogP contribution in [0.25, 0.3) is 0 Å². The molecule has 0 saturated heterocycles. The van der Waals surface area contributed by atoms with Crippen molar-refractivity contribution >= 4 is 59.1 Å². The summed E-state index contributed by atoms with van der Waals surface area (Å²) in [7, 11) is 1.86. The summed E-state index contributed by atoms with van der Waals surface area (Å²) < 4.78 is 16.4. The summed E-state index contributed by atoms with van der Waals surface area (Å²) in [6.07, 6.45) is 0. The predicted octanol–water partition coefficient (Wildman–Crippen LogP) is 5.48. The highest BCUT2D eigenvalue weighted by atomic mass is 79.9. The van der Waals surface area contributed by atoms with E-state index >= 15 is 0 Å². The topological polar surface area (TPSA) is 12.0 Å². The monoisotopic (exact) mass is 455 g/mol. The Labute approximate surface area is 134 Å². The zero-order chi connectivity index (χ0) is 13.3. The molecule has 1 N–H and O–H groups in total. The zero-order valence-corrected chi connectivity index (χ0v) is 14.9. The molecule has 1 nitrogen and oxygen atoms in total. The average molecular weight is 458 g/mol. The number of hydrogen-bond acceptors (Lipinski definition) is 2. The second-order valence-electron chi connectivity index (χ2n) is 3.67. The fourth-order valence-electron chi connectivity index (χ4n) is 1.76. The lowest BCUT2D eigenvalue weighted by Crippen LogP contribution is -2.18. The minimum atomic E-state index is -0.237. The summed E-state index contributed by atoms with van der Waals surface area (Å²) >= 11 is 12.1. The minimum absolute atomic E-state index is 0.0630. The molecular formula is C12H9Br3FNS. The molecule has 2 aromatic rings. The van der Waals surface area contributed by atoms with E-state index in [9.17, 15) is 4.39 Å². The fraction of sp³-hybridized carbons (Fsp3) is 0.167. The number of hydrogen-bond donors (Lipinski definition) is 1. The lowest BCUT2D eigenvalue weighted by atomic mass is 10.0. The number of rotatable bonds is 3. The van der Waals surface area contributed by atoms with Crippen LogP contribution in [0.2, 0.25) is 0 Å². The van der Waals surface area contributed by atoms with Gasteiger partial charge >= 0.3 is 0 Å². The Hall–Kier alpha value is 0.250. The molecule has 0 fully saturated rings. The molecule has 18 heavy (non-hydrogen) atoms. The van der Waals surface area contributed by atoms with Gasteiger partial charge in [-0.05, 0) is 74.3 Å². The first-order chi connectivity index (χ1) is 8.52. The van der Waals surface area contributed by atoms with Crippen molar-refractivity contribution in [1.82, 2.24) is 5.32 Å². The molecule has 1 unspecified atom stereocenters. The normalized spacial score (nSPS) is 12.7. The zero-order valence-electron chi connectivity index (χ0n) is 9.31. The van der Waals surface area contributed by atoms with Crippen molar-refractivity contribution in [3.8, 4) is 0 Å². The maximum atomic E-state index is 13.4. The largest absolute Gasteiger partial charge is 0.309 e. The van der Waals surface area contributed by atoms with Gasteiger partial charge in [-0.1, -0.05) is 15.9 Å². The van der Waals surface area contributed by atoms with Crippen molar-refractivity contribution in [3.63, 3.8) is 0 Å². The molecule has 0 aliphatic heterocycles. The van der Waals surface area contributed by atoms with Crippen molar-refractivity contribution in [2.24, 2.45) is 0 Å². The lowest BCUT2D eigenvalue weighted by Gasteiger charge is -2.18. The van der Waals surface area contributed by atoms with Crippen LogP contribution >= 0.6 is 59.1 Å². The van der Waals surface area contributed by atoms with Crippen LogP contribution in [-0.2, 0) is 0 Å².